The molecule has 0 spiro atoms. The maximum absolute atomic E-state index is 14.8. The van der Waals surface area contributed by atoms with Crippen molar-refractivity contribution in [2.24, 2.45) is 22.9 Å². The number of aromatic nitrogens is 3. The lowest BCUT2D eigenvalue weighted by atomic mass is 10.00. The van der Waals surface area contributed by atoms with E-state index >= 15 is 0 Å². The highest BCUT2D eigenvalue weighted by molar-refractivity contribution is 6.30. The number of carbonyl (C=O) groups excluding carboxylic acids is 9. The summed E-state index contributed by atoms with van der Waals surface area (Å²) in [5.74, 6) is -8.60. The molecule has 1 aliphatic heterocycles. The summed E-state index contributed by atoms with van der Waals surface area (Å²) in [4.78, 5) is 126. The van der Waals surface area contributed by atoms with Crippen LogP contribution in [0.2, 0.25) is 5.02 Å². The Labute approximate surface area is 475 Å². The maximum Gasteiger partial charge on any atom is 0.248 e. The topological polar surface area (TPSA) is 433 Å². The smallest absolute Gasteiger partial charge is 0.248 e. The Balaban J connectivity index is 1.44. The predicted molar refractivity (Wildman–Crippen MR) is 296 cm³/mol. The van der Waals surface area contributed by atoms with Crippen LogP contribution in [0.5, 0.6) is 11.5 Å². The van der Waals surface area contributed by atoms with Gasteiger partial charge in [0.25, 0.3) is 0 Å². The van der Waals surface area contributed by atoms with E-state index < -0.39 is 121 Å². The number of phenolic OH excluding ortho intramolecular Hbond substituents is 2. The highest BCUT2D eigenvalue weighted by Gasteiger charge is 2.37. The van der Waals surface area contributed by atoms with Crippen LogP contribution >= 0.6 is 11.6 Å². The van der Waals surface area contributed by atoms with E-state index in [1.54, 1.807) is 24.3 Å². The number of primary amides is 2. The fraction of sp³-hybridized carbons (Fsp3) is 0.364. The van der Waals surface area contributed by atoms with Crippen LogP contribution in [0, 0.1) is 0 Å². The monoisotopic (exact) mass is 1150 g/mol. The van der Waals surface area contributed by atoms with E-state index in [0.29, 0.717) is 33.7 Å². The van der Waals surface area contributed by atoms with E-state index in [-0.39, 0.29) is 67.8 Å². The fourth-order valence-corrected chi connectivity index (χ4v) is 8.88. The number of phenols is 2. The summed E-state index contributed by atoms with van der Waals surface area (Å²) in [5, 5.41) is 58.0. The number of nitrogens with two attached hydrogens (primary N) is 4. The molecule has 2 heterocycles. The summed E-state index contributed by atoms with van der Waals surface area (Å²) in [7, 11) is 0. The minimum absolute atomic E-state index is 0.000249. The number of hydrogen-bond donors (Lipinski definition) is 14. The highest BCUT2D eigenvalue weighted by atomic mass is 35.5. The fourth-order valence-electron chi connectivity index (χ4n) is 8.76. The van der Waals surface area contributed by atoms with Crippen molar-refractivity contribution < 1.29 is 58.5 Å². The molecule has 1 aromatic heterocycles. The second-order valence-corrected chi connectivity index (χ2v) is 20.3. The Morgan fingerprint density at radius 3 is 1.78 bits per heavy atom. The van der Waals surface area contributed by atoms with E-state index in [4.69, 9.17) is 34.5 Å². The molecule has 2 bridgehead atoms. The molecule has 1 aliphatic rings. The third-order valence-corrected chi connectivity index (χ3v) is 13.6. The molecule has 26 nitrogen and oxygen atoms in total. The zero-order valence-electron chi connectivity index (χ0n) is 44.6. The Bertz CT molecular complexity index is 3050. The van der Waals surface area contributed by atoms with Gasteiger partial charge in [0.15, 0.2) is 0 Å². The van der Waals surface area contributed by atoms with Gasteiger partial charge in [-0.3, -0.25) is 43.2 Å². The zero-order chi connectivity index (χ0) is 59.6. The normalized spacial score (nSPS) is 20.4. The van der Waals surface area contributed by atoms with Crippen molar-refractivity contribution >= 4 is 64.8 Å². The molecule has 0 saturated heterocycles. The van der Waals surface area contributed by atoms with Crippen LogP contribution in [0.25, 0.3) is 0 Å². The molecular weight excluding hydrogens is 1080 g/mol. The quantitative estimate of drug-likeness (QED) is 0.0386. The Hall–Kier alpha value is -8.98. The number of rotatable bonds is 19. The minimum atomic E-state index is -1.81. The largest absolute Gasteiger partial charge is 0.508 e. The van der Waals surface area contributed by atoms with E-state index in [9.17, 15) is 58.5 Å². The molecule has 18 N–H and O–H groups in total. The number of unbranched alkanes of at least 4 members (excludes halogenated alkanes) is 1. The van der Waals surface area contributed by atoms with Gasteiger partial charge >= 0.3 is 0 Å². The van der Waals surface area contributed by atoms with Crippen molar-refractivity contribution in [3.8, 4) is 11.5 Å². The lowest BCUT2D eigenvalue weighted by Gasteiger charge is -2.29. The van der Waals surface area contributed by atoms with Gasteiger partial charge in [0.1, 0.15) is 53.8 Å². The number of halogens is 1. The molecule has 9 atom stereocenters. The summed E-state index contributed by atoms with van der Waals surface area (Å²) in [6.07, 6.45) is -0.947. The molecule has 6 rings (SSSR count). The predicted octanol–water partition coefficient (Wildman–Crippen LogP) is -2.32. The van der Waals surface area contributed by atoms with Crippen LogP contribution in [-0.4, -0.2) is 144 Å². The van der Waals surface area contributed by atoms with Gasteiger partial charge in [-0.1, -0.05) is 65.3 Å². The number of fused-ring (bicyclic) bond motifs is 2. The van der Waals surface area contributed by atoms with Crippen LogP contribution in [0.3, 0.4) is 0 Å². The van der Waals surface area contributed by atoms with Crippen molar-refractivity contribution in [3.63, 3.8) is 0 Å². The van der Waals surface area contributed by atoms with Crippen LogP contribution in [-0.2, 0) is 77.0 Å². The molecule has 0 aliphatic carbocycles. The van der Waals surface area contributed by atoms with Crippen molar-refractivity contribution in [3.05, 3.63) is 142 Å². The number of nitrogens with one attached hydrogen (secondary N) is 7. The van der Waals surface area contributed by atoms with E-state index in [1.165, 1.54) is 85.9 Å². The molecule has 0 radical (unpaired) electrons. The number of aromatic hydroxyl groups is 2. The van der Waals surface area contributed by atoms with Crippen LogP contribution in [0.15, 0.2) is 103 Å². The minimum Gasteiger partial charge on any atom is -0.508 e. The third kappa shape index (κ3) is 18.5. The maximum atomic E-state index is 14.8. The Morgan fingerprint density at radius 1 is 0.695 bits per heavy atom. The summed E-state index contributed by atoms with van der Waals surface area (Å²) in [6, 6.07) is 11.5. The number of aliphatic hydroxyl groups is 1. The number of hydrogen-bond acceptors (Lipinski definition) is 16. The number of benzene rings is 4. The summed E-state index contributed by atoms with van der Waals surface area (Å²) in [5.41, 5.74) is 25.5. The van der Waals surface area contributed by atoms with Gasteiger partial charge in [0.2, 0.25) is 53.2 Å². The second-order valence-electron chi connectivity index (χ2n) is 19.9. The SMILES string of the molecule is C[C@@H](O)[C@@H]1NC(=O)[C@H](CCCCN)NC(=O)[C@@H](Cc2ccc(C(N)=O)cc2)NC(=O)[C@H](Cc2ccc(O)cc2)NC(=O)[C@H](NC(=O)[C@@H](N)Cc2ccc(Cl)cc2)Cc2cn(nn2)C[C@@H](C(=O)N[C@H](Cc2ccc(O)cc2)C(N)=O)NC1=O. The molecule has 0 saturated carbocycles. The van der Waals surface area contributed by atoms with E-state index in [0.717, 1.165) is 4.68 Å². The van der Waals surface area contributed by atoms with Gasteiger partial charge in [-0.2, -0.15) is 0 Å². The van der Waals surface area contributed by atoms with Crippen molar-refractivity contribution in [1.82, 2.24) is 52.2 Å². The zero-order valence-corrected chi connectivity index (χ0v) is 45.4. The van der Waals surface area contributed by atoms with Gasteiger partial charge in [0, 0.05) is 42.5 Å². The molecule has 5 aromatic rings. The molecule has 27 heteroatoms. The first-order valence-corrected chi connectivity index (χ1v) is 26.6. The average molecular weight is 1150 g/mol. The summed E-state index contributed by atoms with van der Waals surface area (Å²) >= 11 is 6.08. The first-order valence-electron chi connectivity index (χ1n) is 26.2. The molecule has 82 heavy (non-hydrogen) atoms. The van der Waals surface area contributed by atoms with Crippen molar-refractivity contribution in [2.75, 3.05) is 6.54 Å². The average Bonchev–Trinajstić information content (AvgIpc) is 3.91. The lowest BCUT2D eigenvalue weighted by molar-refractivity contribution is -0.137. The lowest BCUT2D eigenvalue weighted by Crippen LogP contribution is -2.62. The van der Waals surface area contributed by atoms with Gasteiger partial charge in [-0.05, 0) is 110 Å². The molecule has 436 valence electrons. The first kappa shape index (κ1) is 62.2. The number of amides is 9. The van der Waals surface area contributed by atoms with Crippen LogP contribution < -0.4 is 60.2 Å². The molecule has 9 amide bonds. The van der Waals surface area contributed by atoms with Gasteiger partial charge in [-0.25, -0.2) is 4.68 Å². The molecule has 4 aromatic carbocycles. The molecular formula is C55H67ClN14O12. The van der Waals surface area contributed by atoms with E-state index in [2.05, 4.69) is 47.5 Å². The number of nitrogens with zero attached hydrogens (tertiary/aromatic N) is 3. The number of carbonyl (C=O) groups is 9. The van der Waals surface area contributed by atoms with Crippen LogP contribution in [0.1, 0.15) is 64.5 Å². The Kier molecular flexibility index (Phi) is 22.4. The van der Waals surface area contributed by atoms with Crippen molar-refractivity contribution in [2.45, 2.75) is 119 Å². The van der Waals surface area contributed by atoms with E-state index in [1.807, 2.05) is 0 Å². The van der Waals surface area contributed by atoms with Gasteiger partial charge in [-0.15, -0.1) is 5.10 Å². The third-order valence-electron chi connectivity index (χ3n) is 13.3. The standard InChI is InChI=1S/C55H67ClN14O12/c1-29(71)46-55(82)66-45(54(81)62-41(48(60)75)23-32-9-17-37(72)18-10-32)28-70-27-36(68-69-70)26-44(63-49(76)39(58)22-30-7-15-35(56)16-8-30)53(80)65-43(25-33-11-19-38(73)20-12-33)52(79)64-42(24-31-5-13-34(14-6-31)47(59)74)51(78)61-40(50(77)67-46)4-2-3-21-57/h5-20,27,29,39-46,71-73H,2-4,21-26,28,57-58H2,1H3,(H2,59,74)(H2,60,75)(H,61,78)(H,62,81)(H,63,76)(H,64,79)(H,65,80)(H,66,82)(H,67,77)/t29-,39+,40+,41-,42-,43+,44-,45+,46+/m1/s1. The first-order chi connectivity index (χ1) is 39.0. The van der Waals surface area contributed by atoms with Crippen molar-refractivity contribution in [1.29, 1.82) is 0 Å². The number of aliphatic hydroxyl groups excluding tert-OH is 1. The highest BCUT2D eigenvalue weighted by Crippen LogP contribution is 2.17. The van der Waals surface area contributed by atoms with Gasteiger partial charge < -0.3 is 75.5 Å². The van der Waals surface area contributed by atoms with Gasteiger partial charge in [0.05, 0.1) is 24.4 Å². The second kappa shape index (κ2) is 29.5. The summed E-state index contributed by atoms with van der Waals surface area (Å²) < 4.78 is 1.10. The molecule has 0 fully saturated rings. The Morgan fingerprint density at radius 2 is 1.22 bits per heavy atom. The van der Waals surface area contributed by atoms with Crippen LogP contribution in [0.4, 0.5) is 0 Å². The molecule has 0 unspecified atom stereocenters. The summed E-state index contributed by atoms with van der Waals surface area (Å²) in [6.45, 7) is 0.828.